The molecule has 3 saturated carbocycles. The highest BCUT2D eigenvalue weighted by Crippen LogP contribution is 2.67. The van der Waals surface area contributed by atoms with Gasteiger partial charge >= 0.3 is 5.97 Å². The second kappa shape index (κ2) is 6.99. The van der Waals surface area contributed by atoms with Gasteiger partial charge in [0, 0.05) is 19.3 Å². The predicted octanol–water partition coefficient (Wildman–Crippen LogP) is 5.72. The summed E-state index contributed by atoms with van der Waals surface area (Å²) in [5, 5.41) is 0. The fourth-order valence-electron chi connectivity index (χ4n) is 8.34. The standard InChI is InChI=1S/C25H38O3/c1-6-17-13-22-20-8-7-18-14-19(28-16(3)27)9-11-24(18,4)21(20)10-12-25(22,5)23(17)15(2)26/h7,17,19-23H,6,8-14H2,1-5H3/t17-,19-,20-,21+,22+,23+,24-,25+/m0/s1. The van der Waals surface area contributed by atoms with E-state index in [1.165, 1.54) is 26.2 Å². The summed E-state index contributed by atoms with van der Waals surface area (Å²) in [7, 11) is 0. The molecule has 0 spiro atoms. The summed E-state index contributed by atoms with van der Waals surface area (Å²) in [6.07, 6.45) is 11.6. The van der Waals surface area contributed by atoms with Gasteiger partial charge in [-0.15, -0.1) is 0 Å². The van der Waals surface area contributed by atoms with Crippen LogP contribution in [0.15, 0.2) is 11.6 Å². The summed E-state index contributed by atoms with van der Waals surface area (Å²) in [5.74, 6) is 3.25. The van der Waals surface area contributed by atoms with Crippen LogP contribution in [0, 0.1) is 40.4 Å². The Bertz CT molecular complexity index is 694. The number of hydrogen-bond acceptors (Lipinski definition) is 3. The molecule has 8 atom stereocenters. The summed E-state index contributed by atoms with van der Waals surface area (Å²) in [4.78, 5) is 24.0. The molecule has 0 aromatic carbocycles. The average molecular weight is 387 g/mol. The lowest BCUT2D eigenvalue weighted by molar-refractivity contribution is -0.149. The summed E-state index contributed by atoms with van der Waals surface area (Å²) in [6.45, 7) is 10.6. The van der Waals surface area contributed by atoms with Gasteiger partial charge in [-0.25, -0.2) is 0 Å². The van der Waals surface area contributed by atoms with Crippen molar-refractivity contribution in [3.8, 4) is 0 Å². The first-order chi connectivity index (χ1) is 13.2. The van der Waals surface area contributed by atoms with E-state index in [2.05, 4.69) is 26.8 Å². The van der Waals surface area contributed by atoms with E-state index < -0.39 is 0 Å². The van der Waals surface area contributed by atoms with Gasteiger partial charge in [0.25, 0.3) is 0 Å². The summed E-state index contributed by atoms with van der Waals surface area (Å²) in [5.41, 5.74) is 2.00. The van der Waals surface area contributed by atoms with E-state index in [1.807, 2.05) is 6.92 Å². The fourth-order valence-corrected chi connectivity index (χ4v) is 8.34. The zero-order valence-electron chi connectivity index (χ0n) is 18.4. The Hall–Kier alpha value is -1.12. The molecule has 0 N–H and O–H groups in total. The molecule has 0 radical (unpaired) electrons. The molecular formula is C25H38O3. The molecule has 156 valence electrons. The molecule has 4 aliphatic rings. The molecule has 0 bridgehead atoms. The lowest BCUT2D eigenvalue weighted by atomic mass is 9.47. The fraction of sp³-hybridized carbons (Fsp3) is 0.840. The van der Waals surface area contributed by atoms with E-state index in [0.717, 1.165) is 43.9 Å². The van der Waals surface area contributed by atoms with Crippen LogP contribution in [-0.2, 0) is 14.3 Å². The van der Waals surface area contributed by atoms with Crippen molar-refractivity contribution in [2.24, 2.45) is 40.4 Å². The van der Waals surface area contributed by atoms with Gasteiger partial charge in [-0.3, -0.25) is 9.59 Å². The molecule has 0 aromatic rings. The van der Waals surface area contributed by atoms with E-state index in [1.54, 1.807) is 5.57 Å². The Labute approximate surface area is 170 Å². The number of ketones is 1. The van der Waals surface area contributed by atoms with Crippen LogP contribution in [0.1, 0.15) is 86.0 Å². The van der Waals surface area contributed by atoms with Crippen LogP contribution in [0.2, 0.25) is 0 Å². The highest BCUT2D eigenvalue weighted by atomic mass is 16.5. The SMILES string of the molecule is CC[C@H]1C[C@@H]2[C@H]3CC=C4C[C@@H](OC(C)=O)CC[C@]4(C)[C@@H]3CC[C@@]2(C)[C@@H]1C(C)=O. The molecule has 3 heteroatoms. The Kier molecular flexibility index (Phi) is 5.03. The van der Waals surface area contributed by atoms with Gasteiger partial charge in [-0.05, 0) is 80.0 Å². The minimum Gasteiger partial charge on any atom is -0.462 e. The number of Topliss-reactive ketones (excluding diaryl/α,β-unsaturated/α-hetero) is 1. The van der Waals surface area contributed by atoms with Crippen LogP contribution in [0.25, 0.3) is 0 Å². The van der Waals surface area contributed by atoms with Gasteiger partial charge < -0.3 is 4.74 Å². The molecule has 0 amide bonds. The Morgan fingerprint density at radius 2 is 1.89 bits per heavy atom. The zero-order chi connectivity index (χ0) is 20.3. The number of fused-ring (bicyclic) bond motifs is 5. The number of esters is 1. The molecule has 0 unspecified atom stereocenters. The molecule has 0 saturated heterocycles. The molecule has 3 nitrogen and oxygen atoms in total. The molecule has 0 aliphatic heterocycles. The maximum atomic E-state index is 12.6. The summed E-state index contributed by atoms with van der Waals surface area (Å²) >= 11 is 0. The second-order valence-corrected chi connectivity index (χ2v) is 10.8. The quantitative estimate of drug-likeness (QED) is 0.460. The average Bonchev–Trinajstić information content (AvgIpc) is 2.94. The van der Waals surface area contributed by atoms with E-state index in [0.29, 0.717) is 17.6 Å². The third kappa shape index (κ3) is 2.91. The normalized spacial score (nSPS) is 47.4. The van der Waals surface area contributed by atoms with Crippen LogP contribution in [0.4, 0.5) is 0 Å². The molecule has 0 heterocycles. The van der Waals surface area contributed by atoms with Gasteiger partial charge in [0.2, 0.25) is 0 Å². The first-order valence-electron chi connectivity index (χ1n) is 11.6. The van der Waals surface area contributed by atoms with Gasteiger partial charge in [0.1, 0.15) is 11.9 Å². The molecule has 4 rings (SSSR count). The molecule has 28 heavy (non-hydrogen) atoms. The highest BCUT2D eigenvalue weighted by Gasteiger charge is 2.61. The van der Waals surface area contributed by atoms with E-state index in [4.69, 9.17) is 4.74 Å². The Morgan fingerprint density at radius 3 is 2.54 bits per heavy atom. The number of carbonyl (C=O) groups excluding carboxylic acids is 2. The van der Waals surface area contributed by atoms with Crippen LogP contribution >= 0.6 is 0 Å². The van der Waals surface area contributed by atoms with Gasteiger partial charge in [-0.2, -0.15) is 0 Å². The Morgan fingerprint density at radius 1 is 1.14 bits per heavy atom. The van der Waals surface area contributed by atoms with Crippen molar-refractivity contribution in [2.45, 2.75) is 92.1 Å². The van der Waals surface area contributed by atoms with E-state index >= 15 is 0 Å². The van der Waals surface area contributed by atoms with Crippen molar-refractivity contribution >= 4 is 11.8 Å². The molecule has 4 aliphatic carbocycles. The Balaban J connectivity index is 1.61. The smallest absolute Gasteiger partial charge is 0.302 e. The van der Waals surface area contributed by atoms with Crippen molar-refractivity contribution in [1.82, 2.24) is 0 Å². The monoisotopic (exact) mass is 386 g/mol. The number of hydrogen-bond donors (Lipinski definition) is 0. The highest BCUT2D eigenvalue weighted by molar-refractivity contribution is 5.80. The number of ether oxygens (including phenoxy) is 1. The van der Waals surface area contributed by atoms with Crippen LogP contribution in [-0.4, -0.2) is 17.9 Å². The maximum Gasteiger partial charge on any atom is 0.302 e. The van der Waals surface area contributed by atoms with Crippen LogP contribution < -0.4 is 0 Å². The number of carbonyl (C=O) groups is 2. The van der Waals surface area contributed by atoms with E-state index in [-0.39, 0.29) is 28.8 Å². The molecule has 3 fully saturated rings. The summed E-state index contributed by atoms with van der Waals surface area (Å²) < 4.78 is 5.56. The van der Waals surface area contributed by atoms with Crippen molar-refractivity contribution in [3.05, 3.63) is 11.6 Å². The third-order valence-electron chi connectivity index (χ3n) is 9.53. The molecular weight excluding hydrogens is 348 g/mol. The van der Waals surface area contributed by atoms with Crippen molar-refractivity contribution in [2.75, 3.05) is 0 Å². The topological polar surface area (TPSA) is 43.4 Å². The maximum absolute atomic E-state index is 12.6. The largest absolute Gasteiger partial charge is 0.462 e. The van der Waals surface area contributed by atoms with Crippen LogP contribution in [0.3, 0.4) is 0 Å². The lowest BCUT2D eigenvalue weighted by Gasteiger charge is -2.58. The van der Waals surface area contributed by atoms with Gasteiger partial charge in [0.15, 0.2) is 0 Å². The number of rotatable bonds is 3. The van der Waals surface area contributed by atoms with Gasteiger partial charge in [-0.1, -0.05) is 38.8 Å². The zero-order valence-corrected chi connectivity index (χ0v) is 18.4. The minimum absolute atomic E-state index is 0.0697. The minimum atomic E-state index is -0.150. The van der Waals surface area contributed by atoms with E-state index in [9.17, 15) is 9.59 Å². The third-order valence-corrected chi connectivity index (χ3v) is 9.53. The first-order valence-corrected chi connectivity index (χ1v) is 11.6. The number of allylic oxidation sites excluding steroid dienone is 1. The van der Waals surface area contributed by atoms with Crippen LogP contribution in [0.5, 0.6) is 0 Å². The van der Waals surface area contributed by atoms with Crippen molar-refractivity contribution in [3.63, 3.8) is 0 Å². The lowest BCUT2D eigenvalue weighted by Crippen LogP contribution is -2.51. The summed E-state index contributed by atoms with van der Waals surface area (Å²) in [6, 6.07) is 0. The first kappa shape index (κ1) is 20.2. The van der Waals surface area contributed by atoms with Gasteiger partial charge in [0.05, 0.1) is 0 Å². The van der Waals surface area contributed by atoms with Crippen molar-refractivity contribution in [1.29, 1.82) is 0 Å². The molecule has 0 aromatic heterocycles. The predicted molar refractivity (Wildman–Crippen MR) is 111 cm³/mol. The second-order valence-electron chi connectivity index (χ2n) is 10.8. The van der Waals surface area contributed by atoms with Crippen molar-refractivity contribution < 1.29 is 14.3 Å².